The molecule has 0 aromatic heterocycles. The number of rotatable bonds is 4. The van der Waals surface area contributed by atoms with Crippen LogP contribution < -0.4 is 5.73 Å². The van der Waals surface area contributed by atoms with Crippen LogP contribution in [0.3, 0.4) is 0 Å². The summed E-state index contributed by atoms with van der Waals surface area (Å²) in [5.41, 5.74) is 9.22. The van der Waals surface area contributed by atoms with E-state index in [-0.39, 0.29) is 9.52 Å². The standard InChI is InChI=1S/C7H17NSi/c1-7(2)6-9-5-3-4-8/h6H,3-5,8-9H2,1-2H3. The Hall–Kier alpha value is -0.0831. The highest BCUT2D eigenvalue weighted by Crippen LogP contribution is 1.90. The number of hydrogen-bond donors (Lipinski definition) is 1. The van der Waals surface area contributed by atoms with E-state index < -0.39 is 0 Å². The monoisotopic (exact) mass is 143 g/mol. The third-order valence-electron chi connectivity index (χ3n) is 1.21. The molecule has 9 heavy (non-hydrogen) atoms. The molecule has 0 spiro atoms. The second-order valence-corrected chi connectivity index (χ2v) is 4.26. The van der Waals surface area contributed by atoms with Crippen LogP contribution in [-0.4, -0.2) is 16.1 Å². The van der Waals surface area contributed by atoms with E-state index >= 15 is 0 Å². The van der Waals surface area contributed by atoms with E-state index in [1.807, 2.05) is 0 Å². The maximum atomic E-state index is 5.35. The highest BCUT2D eigenvalue weighted by atomic mass is 28.2. The lowest BCUT2D eigenvalue weighted by Gasteiger charge is -1.91. The molecule has 0 saturated carbocycles. The van der Waals surface area contributed by atoms with E-state index in [4.69, 9.17) is 5.73 Å². The van der Waals surface area contributed by atoms with Crippen molar-refractivity contribution in [3.63, 3.8) is 0 Å². The molecule has 0 rings (SSSR count). The number of nitrogens with two attached hydrogens (primary N) is 1. The fourth-order valence-electron chi connectivity index (χ4n) is 0.679. The van der Waals surface area contributed by atoms with E-state index in [1.54, 1.807) is 0 Å². The molecule has 0 aliphatic heterocycles. The summed E-state index contributed by atoms with van der Waals surface area (Å²) < 4.78 is 0. The van der Waals surface area contributed by atoms with Crippen molar-refractivity contribution in [3.8, 4) is 0 Å². The molecule has 0 aromatic rings. The average molecular weight is 143 g/mol. The fraction of sp³-hybridized carbons (Fsp3) is 0.714. The number of hydrogen-bond acceptors (Lipinski definition) is 1. The Morgan fingerprint density at radius 1 is 1.56 bits per heavy atom. The Labute approximate surface area is 60.2 Å². The quantitative estimate of drug-likeness (QED) is 0.458. The summed E-state index contributed by atoms with van der Waals surface area (Å²) >= 11 is 0. The van der Waals surface area contributed by atoms with Gasteiger partial charge < -0.3 is 5.73 Å². The minimum absolute atomic E-state index is 0.111. The van der Waals surface area contributed by atoms with E-state index in [0.717, 1.165) is 6.54 Å². The smallest absolute Gasteiger partial charge is 0.0453 e. The van der Waals surface area contributed by atoms with Crippen LogP contribution in [0, 0.1) is 0 Å². The Balaban J connectivity index is 3.00. The van der Waals surface area contributed by atoms with Crippen molar-refractivity contribution in [2.45, 2.75) is 26.3 Å². The van der Waals surface area contributed by atoms with Crippen molar-refractivity contribution in [3.05, 3.63) is 11.3 Å². The van der Waals surface area contributed by atoms with Gasteiger partial charge in [0.15, 0.2) is 0 Å². The van der Waals surface area contributed by atoms with E-state index in [0.29, 0.717) is 0 Å². The van der Waals surface area contributed by atoms with Crippen LogP contribution in [-0.2, 0) is 0 Å². The van der Waals surface area contributed by atoms with Gasteiger partial charge in [-0.1, -0.05) is 11.6 Å². The summed E-state index contributed by atoms with van der Waals surface area (Å²) in [6, 6.07) is 1.38. The normalized spacial score (nSPS) is 10.6. The lowest BCUT2D eigenvalue weighted by molar-refractivity contribution is 0.927. The third kappa shape index (κ3) is 7.92. The van der Waals surface area contributed by atoms with Crippen LogP contribution >= 0.6 is 0 Å². The summed E-state index contributed by atoms with van der Waals surface area (Å²) in [7, 11) is 0.111. The van der Waals surface area contributed by atoms with Crippen LogP contribution in [0.25, 0.3) is 0 Å². The number of allylic oxidation sites excluding steroid dienone is 1. The molecule has 0 bridgehead atoms. The molecule has 0 fully saturated rings. The second kappa shape index (κ2) is 6.04. The molecule has 0 saturated heterocycles. The molecule has 0 amide bonds. The molecule has 0 aromatic carbocycles. The third-order valence-corrected chi connectivity index (χ3v) is 3.22. The molecule has 0 aliphatic rings. The Morgan fingerprint density at radius 3 is 2.67 bits per heavy atom. The zero-order chi connectivity index (χ0) is 7.11. The molecular weight excluding hydrogens is 126 g/mol. The molecule has 2 heteroatoms. The largest absolute Gasteiger partial charge is 0.330 e. The van der Waals surface area contributed by atoms with Gasteiger partial charge in [0.1, 0.15) is 0 Å². The minimum Gasteiger partial charge on any atom is -0.330 e. The first-order valence-electron chi connectivity index (χ1n) is 3.61. The van der Waals surface area contributed by atoms with Crippen molar-refractivity contribution in [1.29, 1.82) is 0 Å². The summed E-state index contributed by atoms with van der Waals surface area (Å²) in [6.45, 7) is 5.19. The molecule has 0 atom stereocenters. The Bertz CT molecular complexity index is 84.9. The predicted molar refractivity (Wildman–Crippen MR) is 46.5 cm³/mol. The van der Waals surface area contributed by atoms with Gasteiger partial charge in [0.25, 0.3) is 0 Å². The Kier molecular flexibility index (Phi) is 5.99. The molecule has 0 aliphatic carbocycles. The van der Waals surface area contributed by atoms with E-state index in [2.05, 4.69) is 19.5 Å². The topological polar surface area (TPSA) is 26.0 Å². The lowest BCUT2D eigenvalue weighted by Crippen LogP contribution is -1.99. The van der Waals surface area contributed by atoms with E-state index in [1.165, 1.54) is 18.0 Å². The Morgan fingerprint density at radius 2 is 2.22 bits per heavy atom. The molecule has 54 valence electrons. The summed E-state index contributed by atoms with van der Waals surface area (Å²) in [5.74, 6) is 0. The molecular formula is C7H17NSi. The van der Waals surface area contributed by atoms with Gasteiger partial charge in [-0.05, 0) is 26.8 Å². The maximum Gasteiger partial charge on any atom is 0.0453 e. The highest BCUT2D eigenvalue weighted by molar-refractivity contribution is 6.42. The molecule has 2 N–H and O–H groups in total. The summed E-state index contributed by atoms with van der Waals surface area (Å²) in [6.07, 6.45) is 1.22. The van der Waals surface area contributed by atoms with E-state index in [9.17, 15) is 0 Å². The average Bonchev–Trinajstić information content (AvgIpc) is 1.80. The van der Waals surface area contributed by atoms with Gasteiger partial charge in [-0.15, -0.1) is 5.70 Å². The summed E-state index contributed by atoms with van der Waals surface area (Å²) in [5, 5.41) is 0. The second-order valence-electron chi connectivity index (χ2n) is 2.57. The highest BCUT2D eigenvalue weighted by Gasteiger charge is 1.82. The van der Waals surface area contributed by atoms with Crippen molar-refractivity contribution in [2.24, 2.45) is 5.73 Å². The van der Waals surface area contributed by atoms with Gasteiger partial charge in [0.2, 0.25) is 0 Å². The van der Waals surface area contributed by atoms with Crippen LogP contribution in [0.5, 0.6) is 0 Å². The van der Waals surface area contributed by atoms with Crippen LogP contribution in [0.15, 0.2) is 11.3 Å². The van der Waals surface area contributed by atoms with Crippen LogP contribution in [0.2, 0.25) is 6.04 Å². The fourth-order valence-corrected chi connectivity index (χ4v) is 2.04. The molecule has 0 unspecified atom stereocenters. The summed E-state index contributed by atoms with van der Waals surface area (Å²) in [4.78, 5) is 0. The van der Waals surface area contributed by atoms with Gasteiger partial charge in [-0.25, -0.2) is 0 Å². The predicted octanol–water partition coefficient (Wildman–Crippen LogP) is 0.846. The van der Waals surface area contributed by atoms with Crippen LogP contribution in [0.1, 0.15) is 20.3 Å². The first kappa shape index (κ1) is 8.92. The van der Waals surface area contributed by atoms with Crippen molar-refractivity contribution in [2.75, 3.05) is 6.54 Å². The van der Waals surface area contributed by atoms with Gasteiger partial charge in [0.05, 0.1) is 0 Å². The van der Waals surface area contributed by atoms with Gasteiger partial charge in [0, 0.05) is 9.52 Å². The van der Waals surface area contributed by atoms with Crippen molar-refractivity contribution in [1.82, 2.24) is 0 Å². The van der Waals surface area contributed by atoms with Gasteiger partial charge >= 0.3 is 0 Å². The molecule has 1 nitrogen and oxygen atoms in total. The lowest BCUT2D eigenvalue weighted by atomic mass is 10.4. The zero-order valence-electron chi connectivity index (χ0n) is 6.48. The van der Waals surface area contributed by atoms with Crippen molar-refractivity contribution < 1.29 is 0 Å². The first-order chi connectivity index (χ1) is 4.27. The zero-order valence-corrected chi connectivity index (χ0v) is 7.90. The minimum atomic E-state index is 0.111. The molecule has 0 radical (unpaired) electrons. The van der Waals surface area contributed by atoms with Crippen LogP contribution in [0.4, 0.5) is 0 Å². The van der Waals surface area contributed by atoms with Crippen molar-refractivity contribution >= 4 is 9.52 Å². The maximum absolute atomic E-state index is 5.35. The first-order valence-corrected chi connectivity index (χ1v) is 5.42. The molecule has 0 heterocycles. The van der Waals surface area contributed by atoms with Gasteiger partial charge in [-0.2, -0.15) is 0 Å². The SMILES string of the molecule is CC(C)=C[SiH2]CCCN. The van der Waals surface area contributed by atoms with Gasteiger partial charge in [-0.3, -0.25) is 0 Å².